The number of primary amides is 1. The van der Waals surface area contributed by atoms with Crippen LogP contribution in [0.2, 0.25) is 0 Å². The second-order valence-electron chi connectivity index (χ2n) is 3.96. The maximum absolute atomic E-state index is 11.1. The number of amides is 1. The highest BCUT2D eigenvalue weighted by atomic mass is 31.2. The molecule has 0 saturated carbocycles. The van der Waals surface area contributed by atoms with Crippen molar-refractivity contribution < 1.29 is 34.1 Å². The highest BCUT2D eigenvalue weighted by Gasteiger charge is 2.39. The van der Waals surface area contributed by atoms with E-state index in [2.05, 4.69) is 15.0 Å². The van der Waals surface area contributed by atoms with E-state index in [1.165, 1.54) is 0 Å². The van der Waals surface area contributed by atoms with Gasteiger partial charge in [-0.3, -0.25) is 9.36 Å². The molecule has 3 atom stereocenters. The van der Waals surface area contributed by atoms with Crippen LogP contribution in [0.4, 0.5) is 0 Å². The van der Waals surface area contributed by atoms with Gasteiger partial charge in [0.05, 0.1) is 12.7 Å². The smallest absolute Gasteiger partial charge is 0.356 e. The van der Waals surface area contributed by atoms with Gasteiger partial charge in [-0.2, -0.15) is 0 Å². The third-order valence-corrected chi connectivity index (χ3v) is 3.60. The Balaban J connectivity index is 2.76. The normalized spacial score (nSPS) is 16.6. The summed E-state index contributed by atoms with van der Waals surface area (Å²) >= 11 is 0. The first-order chi connectivity index (χ1) is 9.16. The van der Waals surface area contributed by atoms with Crippen LogP contribution in [-0.2, 0) is 15.8 Å². The zero-order valence-corrected chi connectivity index (χ0v) is 11.3. The van der Waals surface area contributed by atoms with Crippen molar-refractivity contribution in [1.82, 2.24) is 15.0 Å². The van der Waals surface area contributed by atoms with E-state index < -0.39 is 31.6 Å². The van der Waals surface area contributed by atoms with Crippen LogP contribution in [0.5, 0.6) is 0 Å². The number of carbonyl (C=O) groups is 1. The molecule has 0 aliphatic rings. The standard InChI is InChI=1S/C8H15N4O7P/c1-19-8(20(16,17)18)6(14)5(13)3-12-2-4(7(9)15)10-11-12/h2,5-6,8,13-14H,3H2,1H3,(H2,9,15)(H2,16,17,18)/t5-,6+,8+/m0/s1. The Morgan fingerprint density at radius 2 is 2.15 bits per heavy atom. The molecular weight excluding hydrogens is 295 g/mol. The van der Waals surface area contributed by atoms with Crippen LogP contribution in [-0.4, -0.2) is 66.1 Å². The van der Waals surface area contributed by atoms with Crippen molar-refractivity contribution in [2.24, 2.45) is 5.73 Å². The van der Waals surface area contributed by atoms with Crippen molar-refractivity contribution >= 4 is 13.5 Å². The summed E-state index contributed by atoms with van der Waals surface area (Å²) in [5.41, 5.74) is 4.81. The van der Waals surface area contributed by atoms with Crippen LogP contribution >= 0.6 is 7.60 Å². The molecular formula is C8H15N4O7P. The maximum Gasteiger partial charge on any atom is 0.356 e. The molecule has 0 saturated heterocycles. The van der Waals surface area contributed by atoms with Gasteiger partial charge in [0.25, 0.3) is 5.91 Å². The van der Waals surface area contributed by atoms with Crippen molar-refractivity contribution in [1.29, 1.82) is 0 Å². The molecule has 1 amide bonds. The highest BCUT2D eigenvalue weighted by Crippen LogP contribution is 2.43. The first-order valence-electron chi connectivity index (χ1n) is 5.31. The van der Waals surface area contributed by atoms with E-state index in [0.29, 0.717) is 0 Å². The quantitative estimate of drug-likeness (QED) is 0.333. The molecule has 0 aliphatic carbocycles. The van der Waals surface area contributed by atoms with Crippen molar-refractivity contribution in [3.05, 3.63) is 11.9 Å². The predicted molar refractivity (Wildman–Crippen MR) is 63.4 cm³/mol. The van der Waals surface area contributed by atoms with E-state index in [1.54, 1.807) is 0 Å². The van der Waals surface area contributed by atoms with Crippen LogP contribution < -0.4 is 5.73 Å². The summed E-state index contributed by atoms with van der Waals surface area (Å²) in [6, 6.07) is 0. The van der Waals surface area contributed by atoms with Crippen LogP contribution in [0.3, 0.4) is 0 Å². The molecule has 0 spiro atoms. The molecule has 0 fully saturated rings. The summed E-state index contributed by atoms with van der Waals surface area (Å²) < 4.78 is 16.5. The van der Waals surface area contributed by atoms with E-state index in [-0.39, 0.29) is 12.2 Å². The minimum absolute atomic E-state index is 0.148. The molecule has 0 aliphatic heterocycles. The topological polar surface area (TPSA) is 181 Å². The van der Waals surface area contributed by atoms with Gasteiger partial charge in [0.15, 0.2) is 11.5 Å². The zero-order chi connectivity index (χ0) is 15.5. The largest absolute Gasteiger partial charge is 0.388 e. The third kappa shape index (κ3) is 4.07. The highest BCUT2D eigenvalue weighted by molar-refractivity contribution is 7.52. The Hall–Kier alpha value is -1.36. The van der Waals surface area contributed by atoms with Gasteiger partial charge < -0.3 is 30.5 Å². The van der Waals surface area contributed by atoms with Crippen LogP contribution in [0.25, 0.3) is 0 Å². The van der Waals surface area contributed by atoms with Crippen LogP contribution in [0.15, 0.2) is 6.20 Å². The monoisotopic (exact) mass is 310 g/mol. The number of rotatable bonds is 7. The Morgan fingerprint density at radius 3 is 2.55 bits per heavy atom. The maximum atomic E-state index is 11.1. The molecule has 0 bridgehead atoms. The van der Waals surface area contributed by atoms with Gasteiger partial charge in [-0.05, 0) is 0 Å². The molecule has 114 valence electrons. The SMILES string of the molecule is CO[C@@H]([C@H](O)[C@@H](O)Cn1cc(C(N)=O)nn1)P(=O)(O)O. The summed E-state index contributed by atoms with van der Waals surface area (Å²) in [7, 11) is -3.77. The zero-order valence-electron chi connectivity index (χ0n) is 10.4. The second-order valence-corrected chi connectivity index (χ2v) is 5.65. The lowest BCUT2D eigenvalue weighted by Gasteiger charge is -2.25. The number of nitrogens with zero attached hydrogens (tertiary/aromatic N) is 3. The molecule has 1 aromatic heterocycles. The van der Waals surface area contributed by atoms with Crippen LogP contribution in [0.1, 0.15) is 10.5 Å². The fourth-order valence-corrected chi connectivity index (χ4v) is 2.34. The van der Waals surface area contributed by atoms with Crippen molar-refractivity contribution in [2.75, 3.05) is 7.11 Å². The van der Waals surface area contributed by atoms with E-state index >= 15 is 0 Å². The summed E-state index contributed by atoms with van der Waals surface area (Å²) in [6.07, 6.45) is -2.34. The van der Waals surface area contributed by atoms with Gasteiger partial charge in [-0.15, -0.1) is 5.10 Å². The minimum atomic E-state index is -4.75. The number of aromatic nitrogens is 3. The molecule has 1 rings (SSSR count). The number of carbonyl (C=O) groups excluding carboxylic acids is 1. The summed E-state index contributed by atoms with van der Waals surface area (Å²) in [5.74, 6) is -2.70. The van der Waals surface area contributed by atoms with Crippen molar-refractivity contribution in [2.45, 2.75) is 24.6 Å². The molecule has 1 heterocycles. The van der Waals surface area contributed by atoms with E-state index in [9.17, 15) is 19.6 Å². The second kappa shape index (κ2) is 6.39. The Kier molecular flexibility index (Phi) is 5.34. The lowest BCUT2D eigenvalue weighted by atomic mass is 10.2. The molecule has 11 nitrogen and oxygen atoms in total. The molecule has 0 radical (unpaired) electrons. The fourth-order valence-electron chi connectivity index (χ4n) is 1.47. The number of aliphatic hydroxyl groups is 2. The minimum Gasteiger partial charge on any atom is -0.388 e. The number of aliphatic hydroxyl groups excluding tert-OH is 2. The van der Waals surface area contributed by atoms with Gasteiger partial charge in [-0.25, -0.2) is 4.68 Å². The number of hydrogen-bond donors (Lipinski definition) is 5. The molecule has 12 heteroatoms. The number of hydrogen-bond acceptors (Lipinski definition) is 7. The summed E-state index contributed by atoms with van der Waals surface area (Å²) in [6.45, 7) is -0.360. The third-order valence-electron chi connectivity index (χ3n) is 2.42. The van der Waals surface area contributed by atoms with Gasteiger partial charge >= 0.3 is 7.60 Å². The predicted octanol–water partition coefficient (Wildman–Crippen LogP) is -2.75. The number of ether oxygens (including phenoxy) is 1. The van der Waals surface area contributed by atoms with E-state index in [1.807, 2.05) is 0 Å². The van der Waals surface area contributed by atoms with Crippen molar-refractivity contribution in [3.8, 4) is 0 Å². The first-order valence-corrected chi connectivity index (χ1v) is 6.99. The molecule has 1 aromatic rings. The van der Waals surface area contributed by atoms with Crippen LogP contribution in [0, 0.1) is 0 Å². The Morgan fingerprint density at radius 1 is 1.55 bits per heavy atom. The van der Waals surface area contributed by atoms with Gasteiger partial charge in [0.1, 0.15) is 12.2 Å². The first kappa shape index (κ1) is 16.7. The Bertz CT molecular complexity index is 515. The number of nitrogens with two attached hydrogens (primary N) is 1. The molecule has 20 heavy (non-hydrogen) atoms. The average Bonchev–Trinajstić information content (AvgIpc) is 2.76. The number of methoxy groups -OCH3 is 1. The van der Waals surface area contributed by atoms with E-state index in [4.69, 9.17) is 15.5 Å². The molecule has 0 aromatic carbocycles. The van der Waals surface area contributed by atoms with Gasteiger partial charge in [0, 0.05) is 7.11 Å². The molecule has 0 unspecified atom stereocenters. The summed E-state index contributed by atoms with van der Waals surface area (Å²) in [4.78, 5) is 28.7. The molecule has 6 N–H and O–H groups in total. The summed E-state index contributed by atoms with van der Waals surface area (Å²) in [5, 5.41) is 26.2. The average molecular weight is 310 g/mol. The Labute approximate surface area is 113 Å². The fraction of sp³-hybridized carbons (Fsp3) is 0.625. The lowest BCUT2D eigenvalue weighted by molar-refractivity contribution is -0.0579. The van der Waals surface area contributed by atoms with E-state index in [0.717, 1.165) is 18.0 Å². The van der Waals surface area contributed by atoms with Crippen molar-refractivity contribution in [3.63, 3.8) is 0 Å². The van der Waals surface area contributed by atoms with Gasteiger partial charge in [0.2, 0.25) is 0 Å². The lowest BCUT2D eigenvalue weighted by Crippen LogP contribution is -2.40. The van der Waals surface area contributed by atoms with Gasteiger partial charge in [-0.1, -0.05) is 5.21 Å².